The van der Waals surface area contributed by atoms with Crippen LogP contribution >= 0.6 is 0 Å². The third-order valence-corrected chi connectivity index (χ3v) is 4.07. The van der Waals surface area contributed by atoms with Crippen LogP contribution in [0, 0.1) is 5.92 Å². The molecule has 2 N–H and O–H groups in total. The molecule has 0 aliphatic rings. The summed E-state index contributed by atoms with van der Waals surface area (Å²) in [7, 11) is 1.60. The second-order valence-corrected chi connectivity index (χ2v) is 7.07. The molecule has 2 aromatic carbocycles. The Bertz CT molecular complexity index is 816. The summed E-state index contributed by atoms with van der Waals surface area (Å²) in [5, 5.41) is 5.65. The Balaban J connectivity index is 2.05. The van der Waals surface area contributed by atoms with Gasteiger partial charge in [0.2, 0.25) is 5.91 Å². The molecule has 0 saturated carbocycles. The second kappa shape index (κ2) is 9.78. The van der Waals surface area contributed by atoms with Gasteiger partial charge in [0.15, 0.2) is 11.5 Å². The molecular formula is C22H28N2O4. The number of hydrogen-bond donors (Lipinski definition) is 2. The quantitative estimate of drug-likeness (QED) is 0.716. The number of amides is 2. The molecule has 1 unspecified atom stereocenters. The van der Waals surface area contributed by atoms with Crippen molar-refractivity contribution in [3.8, 4) is 11.5 Å². The van der Waals surface area contributed by atoms with E-state index in [1.165, 1.54) is 6.92 Å². The van der Waals surface area contributed by atoms with Crippen LogP contribution in [0.2, 0.25) is 0 Å². The van der Waals surface area contributed by atoms with E-state index in [0.717, 1.165) is 5.56 Å². The molecule has 28 heavy (non-hydrogen) atoms. The van der Waals surface area contributed by atoms with Crippen molar-refractivity contribution in [2.75, 3.05) is 19.0 Å². The maximum absolute atomic E-state index is 12.5. The van der Waals surface area contributed by atoms with Crippen molar-refractivity contribution in [3.05, 3.63) is 53.6 Å². The molecule has 0 aromatic heterocycles. The topological polar surface area (TPSA) is 76.7 Å². The van der Waals surface area contributed by atoms with Gasteiger partial charge in [-0.15, -0.1) is 0 Å². The molecule has 0 aliphatic heterocycles. The summed E-state index contributed by atoms with van der Waals surface area (Å²) in [5.41, 5.74) is 2.08. The lowest BCUT2D eigenvalue weighted by molar-refractivity contribution is -0.114. The molecule has 1 atom stereocenters. The predicted octanol–water partition coefficient (Wildman–Crippen LogP) is 4.18. The van der Waals surface area contributed by atoms with Crippen LogP contribution in [0.3, 0.4) is 0 Å². The average molecular weight is 384 g/mol. The number of methoxy groups -OCH3 is 1. The Kier molecular flexibility index (Phi) is 7.44. The van der Waals surface area contributed by atoms with E-state index >= 15 is 0 Å². The van der Waals surface area contributed by atoms with E-state index in [-0.39, 0.29) is 17.9 Å². The molecule has 2 rings (SSSR count). The second-order valence-electron chi connectivity index (χ2n) is 7.07. The summed E-state index contributed by atoms with van der Waals surface area (Å²) in [6.45, 7) is 8.13. The summed E-state index contributed by atoms with van der Waals surface area (Å²) in [5.74, 6) is 1.40. The number of ether oxygens (including phenoxy) is 2. The van der Waals surface area contributed by atoms with Gasteiger partial charge >= 0.3 is 0 Å². The van der Waals surface area contributed by atoms with E-state index in [4.69, 9.17) is 9.47 Å². The van der Waals surface area contributed by atoms with Crippen LogP contribution in [0.5, 0.6) is 11.5 Å². The first kappa shape index (κ1) is 21.3. The van der Waals surface area contributed by atoms with Crippen LogP contribution in [0.15, 0.2) is 42.5 Å². The maximum Gasteiger partial charge on any atom is 0.251 e. The Morgan fingerprint density at radius 2 is 1.68 bits per heavy atom. The smallest absolute Gasteiger partial charge is 0.251 e. The maximum atomic E-state index is 12.5. The van der Waals surface area contributed by atoms with Gasteiger partial charge in [0.05, 0.1) is 19.8 Å². The van der Waals surface area contributed by atoms with Crippen LogP contribution in [-0.4, -0.2) is 25.5 Å². The third-order valence-electron chi connectivity index (χ3n) is 4.07. The van der Waals surface area contributed by atoms with Crippen molar-refractivity contribution in [1.29, 1.82) is 0 Å². The standard InChI is InChI=1S/C22H28N2O4/c1-14(2)13-28-20-11-8-18(12-21(20)27-5)15(3)23-22(26)17-6-9-19(10-7-17)24-16(4)25/h6-12,14-15H,13H2,1-5H3,(H,23,26)(H,24,25). The first-order valence-electron chi connectivity index (χ1n) is 9.29. The molecule has 0 fully saturated rings. The molecule has 0 heterocycles. The first-order valence-corrected chi connectivity index (χ1v) is 9.29. The third kappa shape index (κ3) is 6.01. The lowest BCUT2D eigenvalue weighted by Gasteiger charge is -2.18. The van der Waals surface area contributed by atoms with Gasteiger partial charge in [0.25, 0.3) is 5.91 Å². The summed E-state index contributed by atoms with van der Waals surface area (Å²) in [6, 6.07) is 12.2. The fourth-order valence-corrected chi connectivity index (χ4v) is 2.60. The number of carbonyl (C=O) groups is 2. The summed E-state index contributed by atoms with van der Waals surface area (Å²) < 4.78 is 11.2. The molecule has 0 bridgehead atoms. The van der Waals surface area contributed by atoms with Crippen molar-refractivity contribution < 1.29 is 19.1 Å². The summed E-state index contributed by atoms with van der Waals surface area (Å²) in [4.78, 5) is 23.6. The van der Waals surface area contributed by atoms with Crippen LogP contribution in [0.25, 0.3) is 0 Å². The van der Waals surface area contributed by atoms with Gasteiger partial charge in [-0.2, -0.15) is 0 Å². The zero-order valence-corrected chi connectivity index (χ0v) is 17.0. The highest BCUT2D eigenvalue weighted by molar-refractivity contribution is 5.95. The van der Waals surface area contributed by atoms with Crippen molar-refractivity contribution in [2.24, 2.45) is 5.92 Å². The van der Waals surface area contributed by atoms with Gasteiger partial charge < -0.3 is 20.1 Å². The number of anilines is 1. The molecule has 6 nitrogen and oxygen atoms in total. The summed E-state index contributed by atoms with van der Waals surface area (Å²) in [6.07, 6.45) is 0. The van der Waals surface area contributed by atoms with Crippen molar-refractivity contribution in [3.63, 3.8) is 0 Å². The van der Waals surface area contributed by atoms with E-state index in [1.807, 2.05) is 25.1 Å². The SMILES string of the molecule is COc1cc(C(C)NC(=O)c2ccc(NC(C)=O)cc2)ccc1OCC(C)C. The van der Waals surface area contributed by atoms with E-state index in [0.29, 0.717) is 35.3 Å². The van der Waals surface area contributed by atoms with E-state index < -0.39 is 0 Å². The minimum atomic E-state index is -0.212. The van der Waals surface area contributed by atoms with Gasteiger partial charge in [-0.05, 0) is 54.8 Å². The molecule has 2 aromatic rings. The Morgan fingerprint density at radius 1 is 1.00 bits per heavy atom. The zero-order chi connectivity index (χ0) is 20.7. The van der Waals surface area contributed by atoms with Crippen molar-refractivity contribution in [1.82, 2.24) is 5.32 Å². The van der Waals surface area contributed by atoms with Gasteiger partial charge in [0, 0.05) is 18.2 Å². The number of carbonyl (C=O) groups excluding carboxylic acids is 2. The number of nitrogens with one attached hydrogen (secondary N) is 2. The monoisotopic (exact) mass is 384 g/mol. The number of rotatable bonds is 8. The Labute approximate surface area is 166 Å². The van der Waals surface area contributed by atoms with Crippen molar-refractivity contribution >= 4 is 17.5 Å². The van der Waals surface area contributed by atoms with E-state index in [9.17, 15) is 9.59 Å². The van der Waals surface area contributed by atoms with Gasteiger partial charge in [-0.25, -0.2) is 0 Å². The van der Waals surface area contributed by atoms with Crippen LogP contribution in [-0.2, 0) is 4.79 Å². The Morgan fingerprint density at radius 3 is 2.25 bits per heavy atom. The van der Waals surface area contributed by atoms with E-state index in [2.05, 4.69) is 24.5 Å². The van der Waals surface area contributed by atoms with Gasteiger partial charge in [0.1, 0.15) is 0 Å². The highest BCUT2D eigenvalue weighted by atomic mass is 16.5. The summed E-state index contributed by atoms with van der Waals surface area (Å²) >= 11 is 0. The molecule has 150 valence electrons. The lowest BCUT2D eigenvalue weighted by atomic mass is 10.1. The molecule has 0 aliphatic carbocycles. The lowest BCUT2D eigenvalue weighted by Crippen LogP contribution is -2.26. The highest BCUT2D eigenvalue weighted by Gasteiger charge is 2.14. The molecule has 2 amide bonds. The zero-order valence-electron chi connectivity index (χ0n) is 17.0. The fourth-order valence-electron chi connectivity index (χ4n) is 2.60. The predicted molar refractivity (Wildman–Crippen MR) is 110 cm³/mol. The molecule has 0 spiro atoms. The van der Waals surface area contributed by atoms with Crippen LogP contribution in [0.4, 0.5) is 5.69 Å². The number of benzene rings is 2. The van der Waals surface area contributed by atoms with Crippen LogP contribution in [0.1, 0.15) is 49.7 Å². The van der Waals surface area contributed by atoms with Crippen molar-refractivity contribution in [2.45, 2.75) is 33.7 Å². The highest BCUT2D eigenvalue weighted by Crippen LogP contribution is 2.30. The first-order chi connectivity index (χ1) is 13.3. The molecular weight excluding hydrogens is 356 g/mol. The minimum absolute atomic E-state index is 0.152. The minimum Gasteiger partial charge on any atom is -0.493 e. The Hall–Kier alpha value is -3.02. The van der Waals surface area contributed by atoms with Gasteiger partial charge in [-0.3, -0.25) is 9.59 Å². The van der Waals surface area contributed by atoms with E-state index in [1.54, 1.807) is 31.4 Å². The van der Waals surface area contributed by atoms with Gasteiger partial charge in [-0.1, -0.05) is 19.9 Å². The average Bonchev–Trinajstić information content (AvgIpc) is 2.66. The molecule has 0 radical (unpaired) electrons. The molecule has 0 saturated heterocycles. The van der Waals surface area contributed by atoms with Crippen LogP contribution < -0.4 is 20.1 Å². The number of hydrogen-bond acceptors (Lipinski definition) is 4. The molecule has 6 heteroatoms. The fraction of sp³-hybridized carbons (Fsp3) is 0.364. The largest absolute Gasteiger partial charge is 0.493 e. The normalized spacial score (nSPS) is 11.6.